The van der Waals surface area contributed by atoms with Gasteiger partial charge in [-0.15, -0.1) is 0 Å². The highest BCUT2D eigenvalue weighted by Gasteiger charge is 2.22. The zero-order chi connectivity index (χ0) is 26.8. The maximum Gasteiger partial charge on any atom is 0.141 e. The van der Waals surface area contributed by atoms with E-state index in [0.29, 0.717) is 17.4 Å². The second-order valence-electron chi connectivity index (χ2n) is 11.2. The van der Waals surface area contributed by atoms with Crippen molar-refractivity contribution in [3.05, 3.63) is 102 Å². The van der Waals surface area contributed by atoms with E-state index in [2.05, 4.69) is 94.4 Å². The van der Waals surface area contributed by atoms with E-state index in [4.69, 9.17) is 9.97 Å². The monoisotopic (exact) mass is 506 g/mol. The molecule has 190 valence electrons. The molecule has 2 aromatic heterocycles. The molecule has 0 bridgehead atoms. The number of hydrogen-bond donors (Lipinski definition) is 1. The van der Waals surface area contributed by atoms with Gasteiger partial charge in [-0.3, -0.25) is 4.98 Å². The van der Waals surface area contributed by atoms with Gasteiger partial charge in [0.15, 0.2) is 0 Å². The summed E-state index contributed by atoms with van der Waals surface area (Å²) in [5.74, 6) is 0.890. The quantitative estimate of drug-likeness (QED) is 0.192. The van der Waals surface area contributed by atoms with Gasteiger partial charge >= 0.3 is 0 Å². The molecule has 0 radical (unpaired) electrons. The number of aromatic hydroxyl groups is 1. The first-order chi connectivity index (χ1) is 18.9. The molecule has 0 saturated heterocycles. The van der Waals surface area contributed by atoms with Crippen LogP contribution in [0.4, 0.5) is 0 Å². The first-order valence-electron chi connectivity index (χ1n) is 13.7. The Morgan fingerprint density at radius 3 is 1.92 bits per heavy atom. The van der Waals surface area contributed by atoms with Gasteiger partial charge in [0.05, 0.1) is 11.0 Å². The van der Waals surface area contributed by atoms with Crippen LogP contribution >= 0.6 is 0 Å². The van der Waals surface area contributed by atoms with Gasteiger partial charge in [-0.1, -0.05) is 88.4 Å². The number of phenols is 1. The van der Waals surface area contributed by atoms with Gasteiger partial charge in [0.1, 0.15) is 11.3 Å². The van der Waals surface area contributed by atoms with Crippen LogP contribution < -0.4 is 0 Å². The zero-order valence-corrected chi connectivity index (χ0v) is 22.7. The molecule has 0 amide bonds. The Kier molecular flexibility index (Phi) is 5.31. The summed E-state index contributed by atoms with van der Waals surface area (Å²) in [6, 6.07) is 29.7. The van der Waals surface area contributed by atoms with Crippen LogP contribution in [0.1, 0.15) is 50.7 Å². The van der Waals surface area contributed by atoms with Crippen LogP contribution in [-0.2, 0) is 0 Å². The first kappa shape index (κ1) is 23.6. The molecular weight excluding hydrogens is 476 g/mol. The van der Waals surface area contributed by atoms with Crippen molar-refractivity contribution in [1.82, 2.24) is 9.97 Å². The molecule has 0 aliphatic carbocycles. The van der Waals surface area contributed by atoms with Crippen molar-refractivity contribution in [1.29, 1.82) is 0 Å². The topological polar surface area (TPSA) is 46.0 Å². The average Bonchev–Trinajstić information content (AvgIpc) is 2.95. The van der Waals surface area contributed by atoms with E-state index >= 15 is 0 Å². The van der Waals surface area contributed by atoms with Gasteiger partial charge in [0, 0.05) is 38.7 Å². The minimum atomic E-state index is 0.202. The van der Waals surface area contributed by atoms with Crippen molar-refractivity contribution in [2.24, 2.45) is 0 Å². The Labute approximate surface area is 227 Å². The predicted molar refractivity (Wildman–Crippen MR) is 165 cm³/mol. The minimum Gasteiger partial charge on any atom is -0.506 e. The third-order valence-electron chi connectivity index (χ3n) is 8.10. The largest absolute Gasteiger partial charge is 0.506 e. The third kappa shape index (κ3) is 3.57. The SMILES string of the molecule is CC(C)c1cccc(C(C)C)c1-c1c2cccc(O)c2nc2c1ccc1cc3ccc4cccnc4c3cc12. The number of benzene rings is 5. The highest BCUT2D eigenvalue weighted by atomic mass is 16.3. The fourth-order valence-electron chi connectivity index (χ4n) is 6.21. The number of hydrogen-bond acceptors (Lipinski definition) is 3. The lowest BCUT2D eigenvalue weighted by molar-refractivity contribution is 0.480. The van der Waals surface area contributed by atoms with Crippen LogP contribution in [0.5, 0.6) is 5.75 Å². The Morgan fingerprint density at radius 2 is 1.18 bits per heavy atom. The second-order valence-corrected chi connectivity index (χ2v) is 11.2. The molecule has 3 heteroatoms. The molecule has 0 aliphatic heterocycles. The molecular formula is C36H30N2O. The first-order valence-corrected chi connectivity index (χ1v) is 13.7. The summed E-state index contributed by atoms with van der Waals surface area (Å²) >= 11 is 0. The predicted octanol–water partition coefficient (Wildman–Crippen LogP) is 9.86. The number of aromatic nitrogens is 2. The Hall–Kier alpha value is -4.50. The van der Waals surface area contributed by atoms with Crippen LogP contribution in [0.3, 0.4) is 0 Å². The van der Waals surface area contributed by atoms with Crippen LogP contribution in [0, 0.1) is 0 Å². The van der Waals surface area contributed by atoms with E-state index in [1.807, 2.05) is 18.3 Å². The van der Waals surface area contributed by atoms with E-state index < -0.39 is 0 Å². The molecule has 39 heavy (non-hydrogen) atoms. The van der Waals surface area contributed by atoms with Crippen molar-refractivity contribution >= 4 is 54.3 Å². The normalized spacial score (nSPS) is 12.2. The molecule has 7 aromatic rings. The summed E-state index contributed by atoms with van der Waals surface area (Å²) in [6.07, 6.45) is 1.85. The van der Waals surface area contributed by atoms with E-state index in [-0.39, 0.29) is 5.75 Å². The maximum atomic E-state index is 11.1. The summed E-state index contributed by atoms with van der Waals surface area (Å²) in [5, 5.41) is 18.7. The summed E-state index contributed by atoms with van der Waals surface area (Å²) in [5.41, 5.74) is 7.57. The second kappa shape index (κ2) is 8.78. The number of rotatable bonds is 3. The molecule has 3 nitrogen and oxygen atoms in total. The number of pyridine rings is 2. The molecule has 0 atom stereocenters. The lowest BCUT2D eigenvalue weighted by Gasteiger charge is -2.23. The Balaban J connectivity index is 1.71. The van der Waals surface area contributed by atoms with Crippen molar-refractivity contribution in [2.75, 3.05) is 0 Å². The highest BCUT2D eigenvalue weighted by molar-refractivity contribution is 6.21. The number of nitrogens with zero attached hydrogens (tertiary/aromatic N) is 2. The summed E-state index contributed by atoms with van der Waals surface area (Å²) in [4.78, 5) is 9.88. The Bertz CT molecular complexity index is 2060. The number of phenolic OH excluding ortho intramolecular Hbond substituents is 1. The lowest BCUT2D eigenvalue weighted by atomic mass is 9.82. The van der Waals surface area contributed by atoms with Crippen LogP contribution in [0.25, 0.3) is 65.4 Å². The standard InChI is InChI=1S/C36H30N2O/c1-20(2)25-9-5-10-26(21(3)4)32(25)33-27-11-6-12-31(39)36(27)38-35-28(33)16-15-24-18-23-14-13-22-8-7-17-37-34(22)29(23)19-30(24)35/h5-21,39H,1-4H3. The molecule has 0 spiro atoms. The summed E-state index contributed by atoms with van der Waals surface area (Å²) in [6.45, 7) is 9.02. The molecule has 1 N–H and O–H groups in total. The average molecular weight is 507 g/mol. The highest BCUT2D eigenvalue weighted by Crippen LogP contribution is 2.45. The van der Waals surface area contributed by atoms with Gasteiger partial charge in [0.2, 0.25) is 0 Å². The zero-order valence-electron chi connectivity index (χ0n) is 22.7. The van der Waals surface area contributed by atoms with Crippen LogP contribution in [-0.4, -0.2) is 15.1 Å². The minimum absolute atomic E-state index is 0.202. The van der Waals surface area contributed by atoms with Gasteiger partial charge in [-0.2, -0.15) is 0 Å². The molecule has 0 unspecified atom stereocenters. The number of para-hydroxylation sites is 1. The van der Waals surface area contributed by atoms with Crippen LogP contribution in [0.2, 0.25) is 0 Å². The van der Waals surface area contributed by atoms with Crippen molar-refractivity contribution < 1.29 is 5.11 Å². The summed E-state index contributed by atoms with van der Waals surface area (Å²) in [7, 11) is 0. The fraction of sp³-hybridized carbons (Fsp3) is 0.167. The van der Waals surface area contributed by atoms with E-state index in [9.17, 15) is 5.11 Å². The molecule has 0 saturated carbocycles. The maximum absolute atomic E-state index is 11.1. The van der Waals surface area contributed by atoms with Gasteiger partial charge in [-0.25, -0.2) is 4.98 Å². The van der Waals surface area contributed by atoms with E-state index in [1.54, 1.807) is 6.07 Å². The number of fused-ring (bicyclic) bond motifs is 7. The smallest absolute Gasteiger partial charge is 0.141 e. The third-order valence-corrected chi connectivity index (χ3v) is 8.10. The molecule has 0 aliphatic rings. The van der Waals surface area contributed by atoms with Crippen molar-refractivity contribution in [2.45, 2.75) is 39.5 Å². The fourth-order valence-corrected chi connectivity index (χ4v) is 6.21. The van der Waals surface area contributed by atoms with Gasteiger partial charge in [0.25, 0.3) is 0 Å². The van der Waals surface area contributed by atoms with Crippen molar-refractivity contribution in [3.63, 3.8) is 0 Å². The molecule has 0 fully saturated rings. The Morgan fingerprint density at radius 1 is 0.538 bits per heavy atom. The molecule has 5 aromatic carbocycles. The summed E-state index contributed by atoms with van der Waals surface area (Å²) < 4.78 is 0. The molecule has 2 heterocycles. The molecule has 7 rings (SSSR count). The van der Waals surface area contributed by atoms with E-state index in [0.717, 1.165) is 54.3 Å². The lowest BCUT2D eigenvalue weighted by Crippen LogP contribution is -2.02. The van der Waals surface area contributed by atoms with E-state index in [1.165, 1.54) is 16.7 Å². The van der Waals surface area contributed by atoms with Gasteiger partial charge < -0.3 is 5.11 Å². The van der Waals surface area contributed by atoms with Crippen LogP contribution in [0.15, 0.2) is 91.1 Å². The van der Waals surface area contributed by atoms with Gasteiger partial charge in [-0.05, 0) is 63.6 Å². The van der Waals surface area contributed by atoms with Crippen molar-refractivity contribution in [3.8, 4) is 16.9 Å².